The highest BCUT2D eigenvalue weighted by Crippen LogP contribution is 2.28. The summed E-state index contributed by atoms with van der Waals surface area (Å²) in [5, 5.41) is 3.74. The number of nitrogens with one attached hydrogen (secondary N) is 1. The predicted molar refractivity (Wildman–Crippen MR) is 96.4 cm³/mol. The molecule has 2 aromatic carbocycles. The Hall–Kier alpha value is -2.95. The lowest BCUT2D eigenvalue weighted by atomic mass is 10.1. The number of hydrogen-bond donors (Lipinski definition) is 1. The maximum Gasteiger partial charge on any atom is 0.287 e. The van der Waals surface area contributed by atoms with Crippen molar-refractivity contribution in [3.05, 3.63) is 59.9 Å². The van der Waals surface area contributed by atoms with Gasteiger partial charge in [0.15, 0.2) is 17.1 Å². The van der Waals surface area contributed by atoms with E-state index < -0.39 is 0 Å². The Morgan fingerprint density at radius 1 is 1.04 bits per heavy atom. The van der Waals surface area contributed by atoms with Gasteiger partial charge in [0, 0.05) is 11.9 Å². The van der Waals surface area contributed by atoms with Crippen LogP contribution in [0.5, 0.6) is 11.5 Å². The topological polar surface area (TPSA) is 60.7 Å². The van der Waals surface area contributed by atoms with E-state index in [1.807, 2.05) is 36.4 Å². The molecule has 1 aromatic heterocycles. The van der Waals surface area contributed by atoms with Crippen molar-refractivity contribution in [1.82, 2.24) is 5.32 Å². The summed E-state index contributed by atoms with van der Waals surface area (Å²) in [5.74, 6) is 1.56. The van der Waals surface area contributed by atoms with Gasteiger partial charge in [-0.1, -0.05) is 30.3 Å². The summed E-state index contributed by atoms with van der Waals surface area (Å²) in [6.45, 7) is 0.561. The van der Waals surface area contributed by atoms with Crippen LogP contribution in [0.25, 0.3) is 11.0 Å². The third-order valence-corrected chi connectivity index (χ3v) is 4.05. The lowest BCUT2D eigenvalue weighted by Gasteiger charge is -2.08. The molecule has 0 atom stereocenters. The number of furan rings is 1. The zero-order valence-corrected chi connectivity index (χ0v) is 14.4. The average Bonchev–Trinajstić information content (AvgIpc) is 3.09. The van der Waals surface area contributed by atoms with Gasteiger partial charge in [0.05, 0.1) is 14.2 Å². The Labute approximate surface area is 146 Å². The largest absolute Gasteiger partial charge is 0.496 e. The molecule has 0 bridgehead atoms. The molecule has 0 aliphatic rings. The fourth-order valence-corrected chi connectivity index (χ4v) is 2.79. The molecule has 0 aliphatic carbocycles. The third kappa shape index (κ3) is 3.76. The van der Waals surface area contributed by atoms with Crippen molar-refractivity contribution in [2.75, 3.05) is 20.8 Å². The zero-order valence-electron chi connectivity index (χ0n) is 14.4. The Morgan fingerprint density at radius 3 is 2.60 bits per heavy atom. The van der Waals surface area contributed by atoms with Gasteiger partial charge < -0.3 is 19.2 Å². The van der Waals surface area contributed by atoms with Gasteiger partial charge in [-0.3, -0.25) is 4.79 Å². The molecule has 0 radical (unpaired) electrons. The highest BCUT2D eigenvalue weighted by molar-refractivity contribution is 5.97. The molecular formula is C20H21NO4. The molecule has 5 nitrogen and oxygen atoms in total. The van der Waals surface area contributed by atoms with E-state index in [9.17, 15) is 4.79 Å². The van der Waals surface area contributed by atoms with Crippen LogP contribution in [0.15, 0.2) is 52.9 Å². The van der Waals surface area contributed by atoms with E-state index in [-0.39, 0.29) is 11.7 Å². The first-order valence-electron chi connectivity index (χ1n) is 8.19. The minimum absolute atomic E-state index is 0.224. The van der Waals surface area contributed by atoms with Crippen molar-refractivity contribution < 1.29 is 18.7 Å². The summed E-state index contributed by atoms with van der Waals surface area (Å²) < 4.78 is 16.2. The molecule has 1 amide bonds. The summed E-state index contributed by atoms with van der Waals surface area (Å²) in [6, 6.07) is 15.2. The lowest BCUT2D eigenvalue weighted by molar-refractivity contribution is 0.0927. The Balaban J connectivity index is 1.58. The summed E-state index contributed by atoms with van der Waals surface area (Å²) >= 11 is 0. The van der Waals surface area contributed by atoms with Crippen LogP contribution >= 0.6 is 0 Å². The highest BCUT2D eigenvalue weighted by atomic mass is 16.5. The van der Waals surface area contributed by atoms with E-state index in [0.29, 0.717) is 17.9 Å². The fraction of sp³-hybridized carbons (Fsp3) is 0.250. The average molecular weight is 339 g/mol. The van der Waals surface area contributed by atoms with E-state index in [4.69, 9.17) is 13.9 Å². The Morgan fingerprint density at radius 2 is 1.80 bits per heavy atom. The van der Waals surface area contributed by atoms with Crippen LogP contribution < -0.4 is 14.8 Å². The van der Waals surface area contributed by atoms with Gasteiger partial charge in [0.2, 0.25) is 0 Å². The molecule has 0 aliphatic heterocycles. The Bertz CT molecular complexity index is 869. The van der Waals surface area contributed by atoms with E-state index in [2.05, 4.69) is 5.32 Å². The number of carbonyl (C=O) groups is 1. The second kappa shape index (κ2) is 7.75. The predicted octanol–water partition coefficient (Wildman–Crippen LogP) is 3.81. The van der Waals surface area contributed by atoms with Crippen molar-refractivity contribution in [3.8, 4) is 11.5 Å². The first-order chi connectivity index (χ1) is 12.2. The number of rotatable bonds is 7. The van der Waals surface area contributed by atoms with Gasteiger partial charge in [0.1, 0.15) is 5.75 Å². The normalized spacial score (nSPS) is 10.6. The van der Waals surface area contributed by atoms with Gasteiger partial charge in [-0.05, 0) is 36.6 Å². The summed E-state index contributed by atoms with van der Waals surface area (Å²) in [4.78, 5) is 12.3. The second-order valence-electron chi connectivity index (χ2n) is 5.66. The van der Waals surface area contributed by atoms with E-state index in [1.54, 1.807) is 26.4 Å². The quantitative estimate of drug-likeness (QED) is 0.665. The molecule has 5 heteroatoms. The zero-order chi connectivity index (χ0) is 17.6. The first-order valence-corrected chi connectivity index (χ1v) is 8.19. The second-order valence-corrected chi connectivity index (χ2v) is 5.66. The van der Waals surface area contributed by atoms with Gasteiger partial charge >= 0.3 is 0 Å². The van der Waals surface area contributed by atoms with Crippen LogP contribution in [-0.4, -0.2) is 26.7 Å². The maximum atomic E-state index is 12.3. The molecule has 130 valence electrons. The highest BCUT2D eigenvalue weighted by Gasteiger charge is 2.14. The molecule has 1 N–H and O–H groups in total. The summed E-state index contributed by atoms with van der Waals surface area (Å²) in [5.41, 5.74) is 1.72. The van der Waals surface area contributed by atoms with Crippen molar-refractivity contribution >= 4 is 16.9 Å². The molecule has 1 heterocycles. The number of carbonyl (C=O) groups excluding carboxylic acids is 1. The summed E-state index contributed by atoms with van der Waals surface area (Å²) in [7, 11) is 3.24. The number of benzene rings is 2. The molecule has 0 saturated heterocycles. The first kappa shape index (κ1) is 16.9. The SMILES string of the molecule is COc1ccccc1CCCNC(=O)c1cc2cccc(OC)c2o1. The van der Waals surface area contributed by atoms with Crippen molar-refractivity contribution in [2.24, 2.45) is 0 Å². The standard InChI is InChI=1S/C20H21NO4/c1-23-16-10-4-3-7-14(16)9-6-12-21-20(22)18-13-15-8-5-11-17(24-2)19(15)25-18/h3-5,7-8,10-11,13H,6,9,12H2,1-2H3,(H,21,22). The van der Waals surface area contributed by atoms with Crippen LogP contribution in [0.4, 0.5) is 0 Å². The monoisotopic (exact) mass is 339 g/mol. The molecule has 3 aromatic rings. The number of aryl methyl sites for hydroxylation is 1. The summed E-state index contributed by atoms with van der Waals surface area (Å²) in [6.07, 6.45) is 1.65. The third-order valence-electron chi connectivity index (χ3n) is 4.05. The number of methoxy groups -OCH3 is 2. The van der Waals surface area contributed by atoms with E-state index in [1.165, 1.54) is 0 Å². The number of fused-ring (bicyclic) bond motifs is 1. The van der Waals surface area contributed by atoms with Gasteiger partial charge in [-0.2, -0.15) is 0 Å². The van der Waals surface area contributed by atoms with Crippen LogP contribution in [0.1, 0.15) is 22.5 Å². The number of para-hydroxylation sites is 2. The molecule has 0 fully saturated rings. The molecule has 0 spiro atoms. The molecule has 25 heavy (non-hydrogen) atoms. The Kier molecular flexibility index (Phi) is 5.23. The van der Waals surface area contributed by atoms with Crippen LogP contribution in [0.2, 0.25) is 0 Å². The van der Waals surface area contributed by atoms with Gasteiger partial charge in [0.25, 0.3) is 5.91 Å². The number of ether oxygens (including phenoxy) is 2. The van der Waals surface area contributed by atoms with Crippen molar-refractivity contribution in [1.29, 1.82) is 0 Å². The fourth-order valence-electron chi connectivity index (χ4n) is 2.79. The minimum Gasteiger partial charge on any atom is -0.496 e. The molecular weight excluding hydrogens is 318 g/mol. The van der Waals surface area contributed by atoms with Gasteiger partial charge in [-0.25, -0.2) is 0 Å². The molecule has 0 saturated carbocycles. The maximum absolute atomic E-state index is 12.3. The van der Waals surface area contributed by atoms with Crippen molar-refractivity contribution in [2.45, 2.75) is 12.8 Å². The number of hydrogen-bond acceptors (Lipinski definition) is 4. The molecule has 0 unspecified atom stereocenters. The van der Waals surface area contributed by atoms with Crippen LogP contribution in [0, 0.1) is 0 Å². The number of amides is 1. The van der Waals surface area contributed by atoms with Gasteiger partial charge in [-0.15, -0.1) is 0 Å². The lowest BCUT2D eigenvalue weighted by Crippen LogP contribution is -2.24. The van der Waals surface area contributed by atoms with Crippen LogP contribution in [0.3, 0.4) is 0 Å². The van der Waals surface area contributed by atoms with Crippen LogP contribution in [-0.2, 0) is 6.42 Å². The van der Waals surface area contributed by atoms with E-state index in [0.717, 1.165) is 29.5 Å². The van der Waals surface area contributed by atoms with Crippen molar-refractivity contribution in [3.63, 3.8) is 0 Å². The van der Waals surface area contributed by atoms with E-state index >= 15 is 0 Å². The molecule has 3 rings (SSSR count). The smallest absolute Gasteiger partial charge is 0.287 e. The minimum atomic E-state index is -0.224.